The third-order valence-corrected chi connectivity index (χ3v) is 5.38. The van der Waals surface area contributed by atoms with Crippen LogP contribution in [0.3, 0.4) is 0 Å². The summed E-state index contributed by atoms with van der Waals surface area (Å²) >= 11 is 6.04. The Morgan fingerprint density at radius 1 is 0.765 bits per heavy atom. The molecule has 3 rings (SSSR count). The highest BCUT2D eigenvalue weighted by Crippen LogP contribution is 2.22. The molecular formula is C27H26ClN3O3. The van der Waals surface area contributed by atoms with Crippen molar-refractivity contribution in [3.8, 4) is 0 Å². The van der Waals surface area contributed by atoms with Crippen molar-refractivity contribution >= 4 is 41.1 Å². The summed E-state index contributed by atoms with van der Waals surface area (Å²) in [5.41, 5.74) is 7.92. The number of amides is 3. The molecule has 7 heteroatoms. The molecule has 0 aliphatic carbocycles. The Morgan fingerprint density at radius 2 is 1.35 bits per heavy atom. The van der Waals surface area contributed by atoms with Crippen molar-refractivity contribution in [1.29, 1.82) is 0 Å². The number of halogens is 1. The summed E-state index contributed by atoms with van der Waals surface area (Å²) in [6.07, 6.45) is 2.83. The highest BCUT2D eigenvalue weighted by atomic mass is 35.5. The van der Waals surface area contributed by atoms with E-state index in [-0.39, 0.29) is 11.3 Å². The number of rotatable bonds is 5. The van der Waals surface area contributed by atoms with Crippen LogP contribution >= 0.6 is 11.6 Å². The van der Waals surface area contributed by atoms with E-state index in [1.165, 1.54) is 6.08 Å². The standard InChI is InChI=1S/C27H26ClN3O3/c1-27(2,3)21-13-8-19(9-14-21)25(33)29-22-15-10-20(11-16-22)26(34)31-30-24(32)17-12-18-6-4-5-7-23(18)28/h4-17H,1-3H3,(H,29,33)(H,30,32)(H,31,34). The normalized spacial score (nSPS) is 11.2. The lowest BCUT2D eigenvalue weighted by atomic mass is 9.87. The van der Waals surface area contributed by atoms with Gasteiger partial charge in [-0.25, -0.2) is 0 Å². The third-order valence-electron chi connectivity index (χ3n) is 5.04. The van der Waals surface area contributed by atoms with E-state index in [4.69, 9.17) is 11.6 Å². The number of benzene rings is 3. The van der Waals surface area contributed by atoms with Gasteiger partial charge in [0.2, 0.25) is 0 Å². The maximum Gasteiger partial charge on any atom is 0.269 e. The highest BCUT2D eigenvalue weighted by Gasteiger charge is 2.14. The molecule has 0 fully saturated rings. The fourth-order valence-corrected chi connectivity index (χ4v) is 3.24. The van der Waals surface area contributed by atoms with Crippen molar-refractivity contribution in [2.45, 2.75) is 26.2 Å². The zero-order valence-corrected chi connectivity index (χ0v) is 19.9. The number of hydrogen-bond acceptors (Lipinski definition) is 3. The van der Waals surface area contributed by atoms with E-state index in [1.54, 1.807) is 66.7 Å². The first kappa shape index (κ1) is 24.7. The van der Waals surface area contributed by atoms with Crippen molar-refractivity contribution in [3.05, 3.63) is 106 Å². The number of anilines is 1. The Bertz CT molecular complexity index is 1210. The maximum atomic E-state index is 12.5. The van der Waals surface area contributed by atoms with Crippen molar-refractivity contribution in [2.75, 3.05) is 5.32 Å². The van der Waals surface area contributed by atoms with Crippen LogP contribution in [0.15, 0.2) is 78.9 Å². The first-order valence-corrected chi connectivity index (χ1v) is 11.1. The molecule has 3 aromatic rings. The monoisotopic (exact) mass is 475 g/mol. The number of carbonyl (C=O) groups excluding carboxylic acids is 3. The molecule has 174 valence electrons. The zero-order valence-electron chi connectivity index (χ0n) is 19.2. The van der Waals surface area contributed by atoms with Gasteiger partial charge in [0.25, 0.3) is 17.7 Å². The summed E-state index contributed by atoms with van der Waals surface area (Å²) in [7, 11) is 0. The van der Waals surface area contributed by atoms with Gasteiger partial charge in [0.15, 0.2) is 0 Å². The first-order chi connectivity index (χ1) is 16.1. The summed E-state index contributed by atoms with van der Waals surface area (Å²) in [5.74, 6) is -1.24. The van der Waals surface area contributed by atoms with Gasteiger partial charge in [-0.05, 0) is 65.1 Å². The van der Waals surface area contributed by atoms with Crippen LogP contribution in [-0.4, -0.2) is 17.7 Å². The van der Waals surface area contributed by atoms with Crippen LogP contribution in [0.4, 0.5) is 5.69 Å². The molecule has 34 heavy (non-hydrogen) atoms. The average Bonchev–Trinajstić information content (AvgIpc) is 2.82. The van der Waals surface area contributed by atoms with Crippen LogP contribution < -0.4 is 16.2 Å². The Hall–Kier alpha value is -3.90. The molecule has 0 aliphatic heterocycles. The topological polar surface area (TPSA) is 87.3 Å². The fraction of sp³-hybridized carbons (Fsp3) is 0.148. The second-order valence-corrected chi connectivity index (χ2v) is 9.06. The predicted octanol–water partition coefficient (Wildman–Crippen LogP) is 5.36. The molecule has 3 N–H and O–H groups in total. The van der Waals surface area contributed by atoms with Crippen molar-refractivity contribution < 1.29 is 14.4 Å². The summed E-state index contributed by atoms with van der Waals surface area (Å²) in [4.78, 5) is 36.7. The molecule has 0 atom stereocenters. The maximum absolute atomic E-state index is 12.5. The molecule has 0 saturated carbocycles. The van der Waals surface area contributed by atoms with E-state index in [0.717, 1.165) is 5.56 Å². The number of carbonyl (C=O) groups is 3. The largest absolute Gasteiger partial charge is 0.322 e. The van der Waals surface area contributed by atoms with E-state index in [0.29, 0.717) is 27.4 Å². The molecule has 6 nitrogen and oxygen atoms in total. The van der Waals surface area contributed by atoms with Gasteiger partial charge >= 0.3 is 0 Å². The quantitative estimate of drug-likeness (QED) is 0.342. The number of hydrogen-bond donors (Lipinski definition) is 3. The summed E-state index contributed by atoms with van der Waals surface area (Å²) in [5, 5.41) is 3.33. The minimum Gasteiger partial charge on any atom is -0.322 e. The van der Waals surface area contributed by atoms with Gasteiger partial charge in [0, 0.05) is 27.9 Å². The van der Waals surface area contributed by atoms with Crippen LogP contribution in [0, 0.1) is 0 Å². The van der Waals surface area contributed by atoms with Crippen LogP contribution in [-0.2, 0) is 10.2 Å². The molecule has 0 bridgehead atoms. The van der Waals surface area contributed by atoms with Gasteiger partial charge in [-0.2, -0.15) is 0 Å². The summed E-state index contributed by atoms with van der Waals surface area (Å²) in [6, 6.07) is 20.9. The minimum absolute atomic E-state index is 0.0107. The molecule has 3 amide bonds. The molecule has 0 aliphatic rings. The van der Waals surface area contributed by atoms with Crippen LogP contribution in [0.25, 0.3) is 6.08 Å². The van der Waals surface area contributed by atoms with Gasteiger partial charge in [-0.1, -0.05) is 62.7 Å². The summed E-state index contributed by atoms with van der Waals surface area (Å²) in [6.45, 7) is 6.34. The van der Waals surface area contributed by atoms with Crippen molar-refractivity contribution in [1.82, 2.24) is 10.9 Å². The molecule has 0 heterocycles. The second kappa shape index (κ2) is 10.8. The van der Waals surface area contributed by atoms with E-state index in [1.807, 2.05) is 12.1 Å². The molecule has 0 saturated heterocycles. The molecule has 0 radical (unpaired) electrons. The molecule has 0 unspecified atom stereocenters. The van der Waals surface area contributed by atoms with Gasteiger partial charge in [0.05, 0.1) is 0 Å². The zero-order chi connectivity index (χ0) is 24.7. The summed E-state index contributed by atoms with van der Waals surface area (Å²) < 4.78 is 0. The lowest BCUT2D eigenvalue weighted by Crippen LogP contribution is -2.40. The smallest absolute Gasteiger partial charge is 0.269 e. The van der Waals surface area contributed by atoms with E-state index >= 15 is 0 Å². The van der Waals surface area contributed by atoms with Gasteiger partial charge < -0.3 is 5.32 Å². The minimum atomic E-state index is -0.505. The lowest BCUT2D eigenvalue weighted by Gasteiger charge is -2.19. The van der Waals surface area contributed by atoms with Gasteiger partial charge in [-0.15, -0.1) is 0 Å². The van der Waals surface area contributed by atoms with E-state index in [9.17, 15) is 14.4 Å². The Morgan fingerprint density at radius 3 is 1.97 bits per heavy atom. The molecular weight excluding hydrogens is 450 g/mol. The lowest BCUT2D eigenvalue weighted by molar-refractivity contribution is -0.117. The third kappa shape index (κ3) is 6.80. The molecule has 0 aromatic heterocycles. The van der Waals surface area contributed by atoms with Crippen LogP contribution in [0.5, 0.6) is 0 Å². The molecule has 0 spiro atoms. The van der Waals surface area contributed by atoms with Crippen LogP contribution in [0.1, 0.15) is 52.6 Å². The van der Waals surface area contributed by atoms with Gasteiger partial charge in [-0.3, -0.25) is 25.2 Å². The van der Waals surface area contributed by atoms with E-state index in [2.05, 4.69) is 36.9 Å². The predicted molar refractivity (Wildman–Crippen MR) is 136 cm³/mol. The van der Waals surface area contributed by atoms with Crippen molar-refractivity contribution in [3.63, 3.8) is 0 Å². The van der Waals surface area contributed by atoms with Crippen molar-refractivity contribution in [2.24, 2.45) is 0 Å². The fourth-order valence-electron chi connectivity index (χ4n) is 3.04. The Kier molecular flexibility index (Phi) is 7.87. The number of nitrogens with one attached hydrogen (secondary N) is 3. The Balaban J connectivity index is 1.52. The number of hydrazine groups is 1. The Labute approximate surface area is 204 Å². The van der Waals surface area contributed by atoms with Crippen LogP contribution in [0.2, 0.25) is 5.02 Å². The highest BCUT2D eigenvalue weighted by molar-refractivity contribution is 6.32. The van der Waals surface area contributed by atoms with E-state index < -0.39 is 11.8 Å². The van der Waals surface area contributed by atoms with Gasteiger partial charge in [0.1, 0.15) is 0 Å². The SMILES string of the molecule is CC(C)(C)c1ccc(C(=O)Nc2ccc(C(=O)NNC(=O)C=Cc3ccccc3Cl)cc2)cc1. The second-order valence-electron chi connectivity index (χ2n) is 8.66. The molecule has 3 aromatic carbocycles. The average molecular weight is 476 g/mol. The first-order valence-electron chi connectivity index (χ1n) is 10.7.